The molecule has 40 heavy (non-hydrogen) atoms. The van der Waals surface area contributed by atoms with E-state index in [4.69, 9.17) is 5.11 Å². The van der Waals surface area contributed by atoms with Crippen LogP contribution in [0.3, 0.4) is 0 Å². The highest BCUT2D eigenvalue weighted by Gasteiger charge is 2.33. The van der Waals surface area contributed by atoms with Crippen molar-refractivity contribution in [3.63, 3.8) is 0 Å². The van der Waals surface area contributed by atoms with Crippen LogP contribution < -0.4 is 10.6 Å². The van der Waals surface area contributed by atoms with E-state index in [0.29, 0.717) is 31.5 Å². The number of anilines is 1. The monoisotopic (exact) mass is 591 g/mol. The summed E-state index contributed by atoms with van der Waals surface area (Å²) in [5.74, 6) is -1.46. The molecule has 16 heteroatoms. The number of piperidine rings is 1. The summed E-state index contributed by atoms with van der Waals surface area (Å²) in [7, 11) is -3.63. The topological polar surface area (TPSA) is 141 Å². The third-order valence-electron chi connectivity index (χ3n) is 6.44. The van der Waals surface area contributed by atoms with Crippen molar-refractivity contribution in [3.8, 4) is 0 Å². The SMILES string of the molecule is CC(C(=O)NCc1ccc(C(F)(F)F)nc1NCC1CCN(OC(=O)O)CC1)c1cccc(S(=O)(=O)N(C)F)c1. The zero-order valence-corrected chi connectivity index (χ0v) is 22.4. The summed E-state index contributed by atoms with van der Waals surface area (Å²) in [5, 5.41) is 15.6. The molecule has 11 nitrogen and oxygen atoms in total. The highest BCUT2D eigenvalue weighted by atomic mass is 32.2. The van der Waals surface area contributed by atoms with E-state index in [2.05, 4.69) is 20.5 Å². The minimum absolute atomic E-state index is 0.0133. The van der Waals surface area contributed by atoms with Gasteiger partial charge in [-0.15, -0.1) is 9.54 Å². The van der Waals surface area contributed by atoms with Gasteiger partial charge in [-0.25, -0.2) is 18.2 Å². The first-order valence-electron chi connectivity index (χ1n) is 12.2. The van der Waals surface area contributed by atoms with Gasteiger partial charge in [-0.2, -0.15) is 13.2 Å². The Balaban J connectivity index is 1.69. The lowest BCUT2D eigenvalue weighted by atomic mass is 9.98. The van der Waals surface area contributed by atoms with E-state index >= 15 is 0 Å². The van der Waals surface area contributed by atoms with Crippen LogP contribution in [0.15, 0.2) is 41.3 Å². The number of hydrogen-bond acceptors (Lipinski definition) is 8. The van der Waals surface area contributed by atoms with Crippen molar-refractivity contribution < 1.29 is 45.6 Å². The fourth-order valence-corrected chi connectivity index (χ4v) is 4.90. The number of carbonyl (C=O) groups is 2. The molecular weight excluding hydrogens is 562 g/mol. The van der Waals surface area contributed by atoms with Crippen LogP contribution in [0, 0.1) is 5.92 Å². The number of halogens is 4. The van der Waals surface area contributed by atoms with Gasteiger partial charge in [-0.05, 0) is 54.0 Å². The maximum Gasteiger partial charge on any atom is 0.525 e. The number of hydroxylamine groups is 2. The molecule has 1 atom stereocenters. The molecule has 0 bridgehead atoms. The van der Waals surface area contributed by atoms with Crippen LogP contribution in [-0.4, -0.2) is 66.8 Å². The van der Waals surface area contributed by atoms with E-state index in [1.807, 2.05) is 0 Å². The largest absolute Gasteiger partial charge is 0.525 e. The Morgan fingerprint density at radius 3 is 2.50 bits per heavy atom. The summed E-state index contributed by atoms with van der Waals surface area (Å²) in [4.78, 5) is 31.5. The van der Waals surface area contributed by atoms with Crippen LogP contribution in [0.1, 0.15) is 42.5 Å². The molecule has 3 N–H and O–H groups in total. The van der Waals surface area contributed by atoms with E-state index in [1.54, 1.807) is 0 Å². The average molecular weight is 592 g/mol. The van der Waals surface area contributed by atoms with Crippen molar-refractivity contribution in [2.24, 2.45) is 5.92 Å². The molecule has 1 amide bonds. The molecule has 2 heterocycles. The Kier molecular flexibility index (Phi) is 9.92. The van der Waals surface area contributed by atoms with Gasteiger partial charge in [0.15, 0.2) is 0 Å². The van der Waals surface area contributed by atoms with Crippen LogP contribution in [0.25, 0.3) is 0 Å². The first-order chi connectivity index (χ1) is 18.7. The fourth-order valence-electron chi connectivity index (χ4n) is 4.07. The number of amides is 1. The molecule has 1 unspecified atom stereocenters. The van der Waals surface area contributed by atoms with Crippen LogP contribution in [-0.2, 0) is 32.4 Å². The van der Waals surface area contributed by atoms with E-state index in [0.717, 1.165) is 13.1 Å². The molecule has 1 aromatic carbocycles. The number of nitrogens with one attached hydrogen (secondary N) is 2. The predicted octanol–water partition coefficient (Wildman–Crippen LogP) is 3.76. The number of aromatic nitrogens is 1. The zero-order chi connectivity index (χ0) is 29.7. The quantitative estimate of drug-likeness (QED) is 0.278. The highest BCUT2D eigenvalue weighted by molar-refractivity contribution is 7.89. The first-order valence-corrected chi connectivity index (χ1v) is 13.6. The molecule has 0 spiro atoms. The molecule has 220 valence electrons. The van der Waals surface area contributed by atoms with Gasteiger partial charge < -0.3 is 20.6 Å². The molecule has 0 saturated carbocycles. The molecule has 1 saturated heterocycles. The number of sulfonamides is 1. The Bertz CT molecular complexity index is 1320. The van der Waals surface area contributed by atoms with Gasteiger partial charge in [-0.3, -0.25) is 4.79 Å². The molecule has 1 aliphatic rings. The summed E-state index contributed by atoms with van der Waals surface area (Å²) >= 11 is 0. The molecule has 0 radical (unpaired) electrons. The third-order valence-corrected chi connectivity index (χ3v) is 7.95. The fraction of sp³-hybridized carbons (Fsp3) is 0.458. The van der Waals surface area contributed by atoms with Crippen molar-refractivity contribution in [2.45, 2.75) is 43.3 Å². The van der Waals surface area contributed by atoms with Gasteiger partial charge in [0.1, 0.15) is 11.5 Å². The summed E-state index contributed by atoms with van der Waals surface area (Å²) < 4.78 is 77.1. The zero-order valence-electron chi connectivity index (χ0n) is 21.6. The second-order valence-electron chi connectivity index (χ2n) is 9.22. The lowest BCUT2D eigenvalue weighted by molar-refractivity contribution is -0.141. The van der Waals surface area contributed by atoms with Gasteiger partial charge in [0.05, 0.1) is 10.8 Å². The van der Waals surface area contributed by atoms with Crippen molar-refractivity contribution >= 4 is 27.9 Å². The Morgan fingerprint density at radius 1 is 1.23 bits per heavy atom. The van der Waals surface area contributed by atoms with Gasteiger partial charge in [0, 0.05) is 38.8 Å². The summed E-state index contributed by atoms with van der Waals surface area (Å²) in [6.07, 6.45) is -5.03. The van der Waals surface area contributed by atoms with E-state index in [1.165, 1.54) is 42.3 Å². The number of benzene rings is 1. The molecule has 0 aliphatic carbocycles. The Morgan fingerprint density at radius 2 is 1.90 bits per heavy atom. The first kappa shape index (κ1) is 31.0. The van der Waals surface area contributed by atoms with Crippen molar-refractivity contribution in [2.75, 3.05) is 32.0 Å². The number of carboxylic acid groups (broad SMARTS) is 1. The van der Waals surface area contributed by atoms with E-state index < -0.39 is 44.4 Å². The normalized spacial score (nSPS) is 16.0. The molecule has 1 aromatic heterocycles. The Hall–Kier alpha value is -3.50. The standard InChI is InChI=1S/C24H29F4N5O6S/c1-15(17-4-3-5-19(12-17)40(37,38)32(2)28)22(34)30-14-18-6-7-20(24(25,26)27)31-21(18)29-13-16-8-10-33(11-9-16)39-23(35)36/h3-7,12,15-16H,8-11,13-14H2,1-2H3,(H,29,31)(H,30,34)(H,35,36). The number of alkyl halides is 3. The lowest BCUT2D eigenvalue weighted by Gasteiger charge is -2.29. The third kappa shape index (κ3) is 8.02. The maximum absolute atomic E-state index is 13.4. The van der Waals surface area contributed by atoms with E-state index in [-0.39, 0.29) is 35.3 Å². The number of pyridine rings is 1. The van der Waals surface area contributed by atoms with Gasteiger partial charge in [0.2, 0.25) is 5.91 Å². The molecule has 1 aliphatic heterocycles. The highest BCUT2D eigenvalue weighted by Crippen LogP contribution is 2.30. The van der Waals surface area contributed by atoms with Crippen molar-refractivity contribution in [1.29, 1.82) is 0 Å². The molecular formula is C24H29F4N5O6S. The van der Waals surface area contributed by atoms with Crippen molar-refractivity contribution in [3.05, 3.63) is 53.2 Å². The number of rotatable bonds is 10. The van der Waals surface area contributed by atoms with Crippen LogP contribution in [0.2, 0.25) is 0 Å². The summed E-state index contributed by atoms with van der Waals surface area (Å²) in [5.41, 5.74) is -0.530. The number of nitrogens with zero attached hydrogens (tertiary/aromatic N) is 3. The summed E-state index contributed by atoms with van der Waals surface area (Å²) in [6, 6.07) is 7.25. The molecule has 1 fully saturated rings. The van der Waals surface area contributed by atoms with Gasteiger partial charge in [0.25, 0.3) is 10.0 Å². The minimum atomic E-state index is -4.69. The Labute approximate surface area is 228 Å². The van der Waals surface area contributed by atoms with Crippen LogP contribution >= 0.6 is 0 Å². The summed E-state index contributed by atoms with van der Waals surface area (Å²) in [6.45, 7) is 2.26. The average Bonchev–Trinajstić information content (AvgIpc) is 2.90. The van der Waals surface area contributed by atoms with E-state index in [9.17, 15) is 35.7 Å². The second-order valence-corrected chi connectivity index (χ2v) is 11.1. The minimum Gasteiger partial charge on any atom is -0.448 e. The van der Waals surface area contributed by atoms with Crippen LogP contribution in [0.5, 0.6) is 0 Å². The lowest BCUT2D eigenvalue weighted by Crippen LogP contribution is -2.37. The number of carbonyl (C=O) groups excluding carboxylic acids is 1. The van der Waals surface area contributed by atoms with Gasteiger partial charge >= 0.3 is 12.3 Å². The smallest absolute Gasteiger partial charge is 0.448 e. The molecule has 3 rings (SSSR count). The van der Waals surface area contributed by atoms with Crippen LogP contribution in [0.4, 0.5) is 28.3 Å². The van der Waals surface area contributed by atoms with Gasteiger partial charge in [-0.1, -0.05) is 18.2 Å². The maximum atomic E-state index is 13.4. The molecule has 2 aromatic rings. The van der Waals surface area contributed by atoms with Crippen molar-refractivity contribution in [1.82, 2.24) is 19.9 Å². The predicted molar refractivity (Wildman–Crippen MR) is 134 cm³/mol. The second kappa shape index (κ2) is 12.8. The number of hydrogen-bond donors (Lipinski definition) is 3.